The molecule has 27 heavy (non-hydrogen) atoms. The number of carbonyl (C=O) groups excluding carboxylic acids is 1. The molecule has 1 atom stereocenters. The number of aliphatic hydroxyl groups is 1. The van der Waals surface area contributed by atoms with Gasteiger partial charge in [0.05, 0.1) is 12.8 Å². The molecule has 0 aliphatic rings. The average molecular weight is 396 g/mol. The summed E-state index contributed by atoms with van der Waals surface area (Å²) in [7, 11) is 0. The molecule has 4 rings (SSSR count). The van der Waals surface area contributed by atoms with Gasteiger partial charge in [0.25, 0.3) is 5.91 Å². The van der Waals surface area contributed by atoms with Gasteiger partial charge in [0.2, 0.25) is 0 Å². The van der Waals surface area contributed by atoms with Crippen molar-refractivity contribution in [2.24, 2.45) is 0 Å². The van der Waals surface area contributed by atoms with Crippen LogP contribution in [0.3, 0.4) is 0 Å². The van der Waals surface area contributed by atoms with Crippen LogP contribution in [0, 0.1) is 0 Å². The molecule has 0 saturated heterocycles. The molecule has 1 amide bonds. The normalized spacial score (nSPS) is 13.2. The zero-order chi connectivity index (χ0) is 18.7. The van der Waals surface area contributed by atoms with E-state index in [0.717, 1.165) is 11.1 Å². The zero-order valence-corrected chi connectivity index (χ0v) is 15.9. The van der Waals surface area contributed by atoms with E-state index in [-0.39, 0.29) is 12.5 Å². The van der Waals surface area contributed by atoms with E-state index in [9.17, 15) is 9.90 Å². The lowest BCUT2D eigenvalue weighted by Gasteiger charge is -2.25. The van der Waals surface area contributed by atoms with Crippen LogP contribution < -0.4 is 5.32 Å². The molecule has 1 unspecified atom stereocenters. The lowest BCUT2D eigenvalue weighted by molar-refractivity contribution is 0.0554. The largest absolute Gasteiger partial charge is 0.466 e. The Hall–Kier alpha value is -2.67. The summed E-state index contributed by atoms with van der Waals surface area (Å²) in [5, 5.41) is 20.0. The van der Waals surface area contributed by atoms with Crippen LogP contribution in [0.4, 0.5) is 0 Å². The molecule has 3 heterocycles. The van der Waals surface area contributed by atoms with E-state index in [1.54, 1.807) is 35.6 Å². The highest BCUT2D eigenvalue weighted by Crippen LogP contribution is 2.32. The van der Waals surface area contributed by atoms with E-state index in [0.29, 0.717) is 16.2 Å². The molecule has 6 heteroatoms. The van der Waals surface area contributed by atoms with Crippen LogP contribution in [0.25, 0.3) is 11.1 Å². The van der Waals surface area contributed by atoms with Crippen molar-refractivity contribution in [3.63, 3.8) is 0 Å². The quantitative estimate of drug-likeness (QED) is 0.496. The van der Waals surface area contributed by atoms with E-state index in [1.165, 1.54) is 17.6 Å². The van der Waals surface area contributed by atoms with Crippen LogP contribution in [0.5, 0.6) is 0 Å². The topological polar surface area (TPSA) is 62.5 Å². The summed E-state index contributed by atoms with van der Waals surface area (Å²) in [4.78, 5) is 13.3. The van der Waals surface area contributed by atoms with Gasteiger partial charge in [-0.05, 0) is 63.7 Å². The summed E-state index contributed by atoms with van der Waals surface area (Å²) in [6.07, 6.45) is 1.51. The maximum absolute atomic E-state index is 12.6. The fraction of sp³-hybridized carbons (Fsp3) is 0.0952. The molecule has 136 valence electrons. The first-order chi connectivity index (χ1) is 13.2. The lowest BCUT2D eigenvalue weighted by Crippen LogP contribution is -2.41. The Labute approximate surface area is 164 Å². The summed E-state index contributed by atoms with van der Waals surface area (Å²) >= 11 is 3.05. The Morgan fingerprint density at radius 1 is 1.04 bits per heavy atom. The van der Waals surface area contributed by atoms with Gasteiger partial charge in [0.1, 0.15) is 5.76 Å². The van der Waals surface area contributed by atoms with E-state index < -0.39 is 5.60 Å². The summed E-state index contributed by atoms with van der Waals surface area (Å²) in [6, 6.07) is 16.6. The van der Waals surface area contributed by atoms with Crippen molar-refractivity contribution in [2.45, 2.75) is 5.60 Å². The smallest absolute Gasteiger partial charge is 0.251 e. The highest BCUT2D eigenvalue weighted by Gasteiger charge is 2.36. The molecule has 3 aromatic heterocycles. The molecule has 0 radical (unpaired) electrons. The van der Waals surface area contributed by atoms with Crippen molar-refractivity contribution >= 4 is 28.6 Å². The molecule has 4 nitrogen and oxygen atoms in total. The molecule has 1 aromatic carbocycles. The Bertz CT molecular complexity index is 954. The molecule has 2 N–H and O–H groups in total. The van der Waals surface area contributed by atoms with Crippen molar-refractivity contribution in [2.75, 3.05) is 6.54 Å². The molecule has 0 bridgehead atoms. The van der Waals surface area contributed by atoms with Gasteiger partial charge in [-0.2, -0.15) is 11.3 Å². The number of thiophene rings is 2. The van der Waals surface area contributed by atoms with Gasteiger partial charge >= 0.3 is 0 Å². The Kier molecular flexibility index (Phi) is 4.94. The number of carbonyl (C=O) groups is 1. The number of amides is 1. The van der Waals surface area contributed by atoms with Crippen molar-refractivity contribution < 1.29 is 14.3 Å². The molecule has 0 spiro atoms. The maximum Gasteiger partial charge on any atom is 0.251 e. The SMILES string of the molecule is O=C(NCC(O)(c1ccco1)c1cccs1)c1ccc(-c2ccsc2)cc1. The Balaban J connectivity index is 1.50. The van der Waals surface area contributed by atoms with Crippen LogP contribution in [-0.2, 0) is 5.60 Å². The third kappa shape index (κ3) is 3.60. The zero-order valence-electron chi connectivity index (χ0n) is 14.3. The van der Waals surface area contributed by atoms with Crippen molar-refractivity contribution in [1.82, 2.24) is 5.32 Å². The first-order valence-electron chi connectivity index (χ1n) is 8.38. The molecule has 0 aliphatic carbocycles. The van der Waals surface area contributed by atoms with Gasteiger partial charge < -0.3 is 14.8 Å². The van der Waals surface area contributed by atoms with Crippen molar-refractivity contribution in [3.05, 3.63) is 93.2 Å². The fourth-order valence-corrected chi connectivity index (χ4v) is 4.37. The molecule has 0 fully saturated rings. The second-order valence-electron chi connectivity index (χ2n) is 6.09. The van der Waals surface area contributed by atoms with Gasteiger partial charge in [-0.1, -0.05) is 18.2 Å². The highest BCUT2D eigenvalue weighted by atomic mass is 32.1. The Morgan fingerprint density at radius 3 is 2.52 bits per heavy atom. The third-order valence-electron chi connectivity index (χ3n) is 4.36. The lowest BCUT2D eigenvalue weighted by atomic mass is 9.98. The second kappa shape index (κ2) is 7.52. The molecular formula is C21H17NO3S2. The van der Waals surface area contributed by atoms with Crippen LogP contribution in [0.2, 0.25) is 0 Å². The molecule has 0 saturated carbocycles. The first kappa shape index (κ1) is 17.7. The van der Waals surface area contributed by atoms with Gasteiger partial charge in [-0.3, -0.25) is 4.79 Å². The van der Waals surface area contributed by atoms with E-state index in [4.69, 9.17) is 4.42 Å². The van der Waals surface area contributed by atoms with Gasteiger partial charge in [-0.25, -0.2) is 0 Å². The van der Waals surface area contributed by atoms with Crippen molar-refractivity contribution in [1.29, 1.82) is 0 Å². The average Bonchev–Trinajstić information content (AvgIpc) is 3.47. The van der Waals surface area contributed by atoms with Gasteiger partial charge in [0, 0.05) is 10.4 Å². The fourth-order valence-electron chi connectivity index (χ4n) is 2.88. The van der Waals surface area contributed by atoms with Gasteiger partial charge in [0.15, 0.2) is 5.60 Å². The van der Waals surface area contributed by atoms with Crippen LogP contribution in [0.1, 0.15) is 21.0 Å². The molecular weight excluding hydrogens is 378 g/mol. The summed E-state index contributed by atoms with van der Waals surface area (Å²) in [6.45, 7) is 0.0200. The van der Waals surface area contributed by atoms with E-state index >= 15 is 0 Å². The number of furan rings is 1. The number of hydrogen-bond acceptors (Lipinski definition) is 5. The number of benzene rings is 1. The summed E-state index contributed by atoms with van der Waals surface area (Å²) in [5.74, 6) is 0.159. The second-order valence-corrected chi connectivity index (χ2v) is 7.81. The molecule has 0 aliphatic heterocycles. The summed E-state index contributed by atoms with van der Waals surface area (Å²) < 4.78 is 5.42. The molecule has 4 aromatic rings. The predicted molar refractivity (Wildman–Crippen MR) is 108 cm³/mol. The first-order valence-corrected chi connectivity index (χ1v) is 10.2. The number of hydrogen-bond donors (Lipinski definition) is 2. The number of nitrogens with one attached hydrogen (secondary N) is 1. The minimum atomic E-state index is -1.40. The van der Waals surface area contributed by atoms with E-state index in [1.807, 2.05) is 41.1 Å². The minimum absolute atomic E-state index is 0.0200. The minimum Gasteiger partial charge on any atom is -0.466 e. The predicted octanol–water partition coefficient (Wildman–Crippen LogP) is 4.74. The monoisotopic (exact) mass is 395 g/mol. The van der Waals surface area contributed by atoms with Crippen LogP contribution in [0.15, 0.2) is 81.4 Å². The third-order valence-corrected chi connectivity index (χ3v) is 6.07. The van der Waals surface area contributed by atoms with Crippen LogP contribution >= 0.6 is 22.7 Å². The standard InChI is InChI=1S/C21H17NO3S2/c23-20(16-7-5-15(6-8-16)17-9-12-26-13-17)22-14-21(24,18-3-1-10-25-18)19-4-2-11-27-19/h1-13,24H,14H2,(H,22,23). The Morgan fingerprint density at radius 2 is 1.89 bits per heavy atom. The summed E-state index contributed by atoms with van der Waals surface area (Å²) in [5.41, 5.74) is 1.35. The highest BCUT2D eigenvalue weighted by molar-refractivity contribution is 7.10. The van der Waals surface area contributed by atoms with Crippen LogP contribution in [-0.4, -0.2) is 17.6 Å². The number of rotatable bonds is 6. The van der Waals surface area contributed by atoms with Crippen molar-refractivity contribution in [3.8, 4) is 11.1 Å². The maximum atomic E-state index is 12.6. The van der Waals surface area contributed by atoms with Gasteiger partial charge in [-0.15, -0.1) is 11.3 Å². The van der Waals surface area contributed by atoms with E-state index in [2.05, 4.69) is 10.7 Å².